The Labute approximate surface area is 135 Å². The van der Waals surface area contributed by atoms with Crippen LogP contribution in [-0.2, 0) is 4.79 Å². The van der Waals surface area contributed by atoms with E-state index in [9.17, 15) is 4.79 Å². The third kappa shape index (κ3) is 2.99. The van der Waals surface area contributed by atoms with Crippen LogP contribution in [0.4, 0.5) is 5.13 Å². The molecule has 1 amide bonds. The molecule has 0 aliphatic carbocycles. The summed E-state index contributed by atoms with van der Waals surface area (Å²) in [6.45, 7) is 9.22. The molecule has 1 aliphatic rings. The Kier molecular flexibility index (Phi) is 4.74. The summed E-state index contributed by atoms with van der Waals surface area (Å²) in [4.78, 5) is 20.4. The fraction of sp³-hybridized carbons (Fsp3) is 0.467. The van der Waals surface area contributed by atoms with E-state index in [1.54, 1.807) is 18.3 Å². The van der Waals surface area contributed by atoms with Crippen molar-refractivity contribution >= 4 is 45.0 Å². The summed E-state index contributed by atoms with van der Waals surface area (Å²) < 4.78 is 1.29. The van der Waals surface area contributed by atoms with E-state index in [0.717, 1.165) is 36.8 Å². The predicted octanol–water partition coefficient (Wildman–Crippen LogP) is 3.00. The number of carbonyl (C=O) groups excluding carboxylic acids is 1. The summed E-state index contributed by atoms with van der Waals surface area (Å²) in [5, 5.41) is 1.08. The first-order valence-electron chi connectivity index (χ1n) is 6.93. The van der Waals surface area contributed by atoms with Crippen LogP contribution in [0.2, 0.25) is 0 Å². The second kappa shape index (κ2) is 6.20. The largest absolute Gasteiger partial charge is 0.345 e. The third-order valence-corrected chi connectivity index (χ3v) is 5.18. The number of aromatic nitrogens is 1. The zero-order chi connectivity index (χ0) is 14.3. The number of benzene rings is 1. The number of aryl methyl sites for hydroxylation is 2. The maximum absolute atomic E-state index is 11.4. The fourth-order valence-electron chi connectivity index (χ4n) is 2.60. The summed E-state index contributed by atoms with van der Waals surface area (Å²) in [5.74, 6) is 0.167. The molecule has 1 aliphatic heterocycles. The Morgan fingerprint density at radius 1 is 1.14 bits per heavy atom. The van der Waals surface area contributed by atoms with Crippen molar-refractivity contribution in [2.45, 2.75) is 20.8 Å². The number of hydrogen-bond acceptors (Lipinski definition) is 4. The van der Waals surface area contributed by atoms with E-state index >= 15 is 0 Å². The molecule has 0 radical (unpaired) electrons. The molecular weight excluding hydrogens is 306 g/mol. The van der Waals surface area contributed by atoms with E-state index in [1.165, 1.54) is 15.8 Å². The van der Waals surface area contributed by atoms with Gasteiger partial charge in [-0.3, -0.25) is 4.79 Å². The topological polar surface area (TPSA) is 36.4 Å². The van der Waals surface area contributed by atoms with E-state index in [-0.39, 0.29) is 18.3 Å². The van der Waals surface area contributed by atoms with Gasteiger partial charge in [0.15, 0.2) is 5.13 Å². The number of thiazole rings is 1. The minimum Gasteiger partial charge on any atom is -0.345 e. The van der Waals surface area contributed by atoms with Gasteiger partial charge in [-0.1, -0.05) is 23.5 Å². The van der Waals surface area contributed by atoms with Crippen molar-refractivity contribution < 1.29 is 4.79 Å². The number of halogens is 1. The van der Waals surface area contributed by atoms with Gasteiger partial charge in [-0.2, -0.15) is 0 Å². The molecule has 0 saturated carbocycles. The molecule has 0 atom stereocenters. The Hall–Kier alpha value is -1.33. The standard InChI is InChI=1S/C15H19N3OS.ClH/c1-10-4-5-11(2)14-13(10)16-15(20-14)18-8-6-17(7-9-18)12(3)19;/h4-5H,6-9H2,1-3H3;1H. The average molecular weight is 326 g/mol. The number of nitrogens with zero attached hydrogens (tertiary/aromatic N) is 3. The molecule has 4 nitrogen and oxygen atoms in total. The lowest BCUT2D eigenvalue weighted by Crippen LogP contribution is -2.48. The van der Waals surface area contributed by atoms with E-state index in [1.807, 2.05) is 4.90 Å². The SMILES string of the molecule is CC(=O)N1CCN(c2nc3c(C)ccc(C)c3s2)CC1.Cl. The number of hydrogen-bond donors (Lipinski definition) is 0. The average Bonchev–Trinajstić information content (AvgIpc) is 2.89. The molecule has 0 unspecified atom stereocenters. The van der Waals surface area contributed by atoms with Crippen molar-refractivity contribution in [3.63, 3.8) is 0 Å². The molecule has 2 heterocycles. The molecule has 1 aromatic carbocycles. The highest BCUT2D eigenvalue weighted by Gasteiger charge is 2.21. The molecule has 0 spiro atoms. The predicted molar refractivity (Wildman–Crippen MR) is 90.8 cm³/mol. The van der Waals surface area contributed by atoms with Crippen LogP contribution in [0.25, 0.3) is 10.2 Å². The number of rotatable bonds is 1. The van der Waals surface area contributed by atoms with E-state index in [2.05, 4.69) is 30.9 Å². The number of fused-ring (bicyclic) bond motifs is 1. The van der Waals surface area contributed by atoms with Gasteiger partial charge in [-0.15, -0.1) is 12.4 Å². The first kappa shape index (κ1) is 16.0. The highest BCUT2D eigenvalue weighted by atomic mass is 35.5. The number of piperazine rings is 1. The lowest BCUT2D eigenvalue weighted by molar-refractivity contribution is -0.129. The van der Waals surface area contributed by atoms with Crippen LogP contribution in [0.1, 0.15) is 18.1 Å². The second-order valence-corrected chi connectivity index (χ2v) is 6.34. The zero-order valence-electron chi connectivity index (χ0n) is 12.5. The van der Waals surface area contributed by atoms with Gasteiger partial charge in [-0.05, 0) is 25.0 Å². The monoisotopic (exact) mass is 325 g/mol. The molecule has 1 fully saturated rings. The van der Waals surface area contributed by atoms with Crippen molar-refractivity contribution in [3.8, 4) is 0 Å². The highest BCUT2D eigenvalue weighted by molar-refractivity contribution is 7.22. The second-order valence-electron chi connectivity index (χ2n) is 5.37. The Morgan fingerprint density at radius 3 is 2.33 bits per heavy atom. The molecule has 1 aromatic heterocycles. The first-order chi connectivity index (χ1) is 9.56. The third-order valence-electron chi connectivity index (χ3n) is 3.93. The van der Waals surface area contributed by atoms with Crippen molar-refractivity contribution in [3.05, 3.63) is 23.3 Å². The summed E-state index contributed by atoms with van der Waals surface area (Å²) >= 11 is 1.77. The van der Waals surface area contributed by atoms with Gasteiger partial charge in [0.1, 0.15) is 0 Å². The van der Waals surface area contributed by atoms with Crippen LogP contribution in [0.5, 0.6) is 0 Å². The lowest BCUT2D eigenvalue weighted by Gasteiger charge is -2.33. The van der Waals surface area contributed by atoms with Crippen molar-refractivity contribution in [2.24, 2.45) is 0 Å². The smallest absolute Gasteiger partial charge is 0.219 e. The van der Waals surface area contributed by atoms with Gasteiger partial charge in [0, 0.05) is 33.1 Å². The maximum Gasteiger partial charge on any atom is 0.219 e. The van der Waals surface area contributed by atoms with Crippen LogP contribution < -0.4 is 4.90 Å². The number of amides is 1. The van der Waals surface area contributed by atoms with Gasteiger partial charge in [0.05, 0.1) is 10.2 Å². The Balaban J connectivity index is 0.00000161. The van der Waals surface area contributed by atoms with Crippen LogP contribution in [-0.4, -0.2) is 42.0 Å². The van der Waals surface area contributed by atoms with E-state index in [4.69, 9.17) is 4.98 Å². The quantitative estimate of drug-likeness (QED) is 0.808. The van der Waals surface area contributed by atoms with Gasteiger partial charge in [0.25, 0.3) is 0 Å². The van der Waals surface area contributed by atoms with Gasteiger partial charge < -0.3 is 9.80 Å². The number of carbonyl (C=O) groups is 1. The molecular formula is C15H20ClN3OS. The van der Waals surface area contributed by atoms with Gasteiger partial charge >= 0.3 is 0 Å². The zero-order valence-corrected chi connectivity index (χ0v) is 14.2. The van der Waals surface area contributed by atoms with Crippen LogP contribution in [0.15, 0.2) is 12.1 Å². The molecule has 3 rings (SSSR count). The minimum atomic E-state index is 0. The number of anilines is 1. The normalized spacial score (nSPS) is 15.2. The summed E-state index contributed by atoms with van der Waals surface area (Å²) in [5.41, 5.74) is 3.64. The summed E-state index contributed by atoms with van der Waals surface area (Å²) in [7, 11) is 0. The Bertz CT molecular complexity index is 623. The van der Waals surface area contributed by atoms with Gasteiger partial charge in [-0.25, -0.2) is 4.98 Å². The molecule has 114 valence electrons. The van der Waals surface area contributed by atoms with Crippen LogP contribution in [0.3, 0.4) is 0 Å². The highest BCUT2D eigenvalue weighted by Crippen LogP contribution is 2.33. The van der Waals surface area contributed by atoms with E-state index < -0.39 is 0 Å². The van der Waals surface area contributed by atoms with E-state index in [0.29, 0.717) is 0 Å². The van der Waals surface area contributed by atoms with Crippen molar-refractivity contribution in [1.82, 2.24) is 9.88 Å². The van der Waals surface area contributed by atoms with Crippen molar-refractivity contribution in [1.29, 1.82) is 0 Å². The minimum absolute atomic E-state index is 0. The molecule has 0 N–H and O–H groups in total. The molecule has 21 heavy (non-hydrogen) atoms. The summed E-state index contributed by atoms with van der Waals surface area (Å²) in [6, 6.07) is 4.29. The molecule has 1 saturated heterocycles. The van der Waals surface area contributed by atoms with Crippen LogP contribution >= 0.6 is 23.7 Å². The van der Waals surface area contributed by atoms with Gasteiger partial charge in [0.2, 0.25) is 5.91 Å². The molecule has 0 bridgehead atoms. The van der Waals surface area contributed by atoms with Crippen molar-refractivity contribution in [2.75, 3.05) is 31.1 Å². The molecule has 6 heteroatoms. The lowest BCUT2D eigenvalue weighted by atomic mass is 10.1. The summed E-state index contributed by atoms with van der Waals surface area (Å²) in [6.07, 6.45) is 0. The van der Waals surface area contributed by atoms with Crippen LogP contribution in [0, 0.1) is 13.8 Å². The molecule has 2 aromatic rings. The Morgan fingerprint density at radius 2 is 1.76 bits per heavy atom. The fourth-order valence-corrected chi connectivity index (χ4v) is 3.76. The first-order valence-corrected chi connectivity index (χ1v) is 7.75. The maximum atomic E-state index is 11.4.